The van der Waals surface area contributed by atoms with Crippen LogP contribution in [-0.2, 0) is 53.3 Å². The summed E-state index contributed by atoms with van der Waals surface area (Å²) in [7, 11) is 5.16. The van der Waals surface area contributed by atoms with Crippen molar-refractivity contribution < 1.29 is 42.9 Å². The highest BCUT2D eigenvalue weighted by molar-refractivity contribution is 5.78. The second-order valence-corrected chi connectivity index (χ2v) is 14.6. The SMILES string of the molecule is CNCCCC(F)(Cc1cccc(CN(Cc2cccc(CC(F)(CCCNC)C(=O)O)c2)Cc2cccc(CC(F)(CCCNC)C(=O)O)c2)c1)C(=O)O. The molecule has 0 saturated carbocycles. The van der Waals surface area contributed by atoms with Gasteiger partial charge in [-0.2, -0.15) is 0 Å². The van der Waals surface area contributed by atoms with Gasteiger partial charge in [0.25, 0.3) is 0 Å². The van der Waals surface area contributed by atoms with Crippen molar-refractivity contribution in [1.29, 1.82) is 0 Å². The molecule has 10 nitrogen and oxygen atoms in total. The zero-order valence-corrected chi connectivity index (χ0v) is 32.2. The zero-order chi connectivity index (χ0) is 40.5. The minimum atomic E-state index is -2.45. The summed E-state index contributed by atoms with van der Waals surface area (Å²) in [5.41, 5.74) is -3.43. The van der Waals surface area contributed by atoms with E-state index in [4.69, 9.17) is 0 Å². The van der Waals surface area contributed by atoms with E-state index in [9.17, 15) is 29.7 Å². The van der Waals surface area contributed by atoms with Crippen LogP contribution in [0.15, 0.2) is 72.8 Å². The van der Waals surface area contributed by atoms with Crippen LogP contribution in [0.1, 0.15) is 71.9 Å². The standard InChI is InChI=1S/C42H57F3N4O6/c1-46-19-7-16-40(43,37(50)51)25-31-10-4-13-34(22-31)28-49(29-35-14-5-11-32(23-35)26-41(44,38(52)53)17-8-20-47-2)30-36-15-6-12-33(24-36)27-42(45,39(54)55)18-9-21-48-3/h4-6,10-15,22-24,46-48H,7-9,16-21,25-30H2,1-3H3,(H,50,51)(H,52,53)(H,54,55). The highest BCUT2D eigenvalue weighted by Crippen LogP contribution is 2.29. The summed E-state index contributed by atoms with van der Waals surface area (Å²) >= 11 is 0. The van der Waals surface area contributed by atoms with Gasteiger partial charge in [-0.05, 0) is 113 Å². The number of hydrogen-bond acceptors (Lipinski definition) is 7. The lowest BCUT2D eigenvalue weighted by Gasteiger charge is -2.25. The molecular formula is C42H57F3N4O6. The van der Waals surface area contributed by atoms with Crippen LogP contribution in [0.2, 0.25) is 0 Å². The third-order valence-electron chi connectivity index (χ3n) is 9.80. The molecular weight excluding hydrogens is 713 g/mol. The summed E-state index contributed by atoms with van der Waals surface area (Å²) in [5.74, 6) is -4.54. The highest BCUT2D eigenvalue weighted by atomic mass is 19.2. The molecule has 0 bridgehead atoms. The van der Waals surface area contributed by atoms with Gasteiger partial charge in [-0.25, -0.2) is 27.6 Å². The number of aliphatic carboxylic acids is 3. The van der Waals surface area contributed by atoms with Gasteiger partial charge >= 0.3 is 17.9 Å². The van der Waals surface area contributed by atoms with Gasteiger partial charge < -0.3 is 31.3 Å². The molecule has 55 heavy (non-hydrogen) atoms. The first-order chi connectivity index (χ1) is 26.1. The number of nitrogens with zero attached hydrogens (tertiary/aromatic N) is 1. The molecule has 3 aromatic carbocycles. The highest BCUT2D eigenvalue weighted by Gasteiger charge is 2.40. The minimum absolute atomic E-state index is 0.152. The van der Waals surface area contributed by atoms with Crippen molar-refractivity contribution in [1.82, 2.24) is 20.9 Å². The molecule has 3 unspecified atom stereocenters. The minimum Gasteiger partial charge on any atom is -0.479 e. The molecule has 3 atom stereocenters. The molecule has 3 rings (SSSR count). The average molecular weight is 771 g/mol. The number of halogens is 3. The fraction of sp³-hybridized carbons (Fsp3) is 0.500. The van der Waals surface area contributed by atoms with Gasteiger partial charge in [-0.3, -0.25) is 4.90 Å². The summed E-state index contributed by atoms with van der Waals surface area (Å²) in [5, 5.41) is 38.0. The van der Waals surface area contributed by atoms with Crippen molar-refractivity contribution in [3.05, 3.63) is 106 Å². The molecule has 0 radical (unpaired) electrons. The first kappa shape index (κ1) is 45.1. The lowest BCUT2D eigenvalue weighted by atomic mass is 9.90. The molecule has 0 amide bonds. The second kappa shape index (κ2) is 21.7. The van der Waals surface area contributed by atoms with Crippen molar-refractivity contribution in [2.24, 2.45) is 0 Å². The van der Waals surface area contributed by atoms with Gasteiger partial charge in [0, 0.05) is 38.9 Å². The molecule has 302 valence electrons. The van der Waals surface area contributed by atoms with Crippen molar-refractivity contribution in [3.63, 3.8) is 0 Å². The summed E-state index contributed by atoms with van der Waals surface area (Å²) in [6.45, 7) is 2.42. The van der Waals surface area contributed by atoms with Crippen molar-refractivity contribution in [2.75, 3.05) is 40.8 Å². The fourth-order valence-electron chi connectivity index (χ4n) is 6.88. The number of carbonyl (C=O) groups is 3. The molecule has 0 aliphatic rings. The Morgan fingerprint density at radius 3 is 1.00 bits per heavy atom. The van der Waals surface area contributed by atoms with Crippen LogP contribution in [0.3, 0.4) is 0 Å². The van der Waals surface area contributed by atoms with E-state index in [0.717, 1.165) is 16.7 Å². The summed E-state index contributed by atoms with van der Waals surface area (Å²) in [6, 6.07) is 21.2. The number of rotatable bonds is 27. The third-order valence-corrected chi connectivity index (χ3v) is 9.80. The molecule has 0 heterocycles. The number of hydrogen-bond donors (Lipinski definition) is 6. The van der Waals surface area contributed by atoms with Gasteiger partial charge in [0.15, 0.2) is 0 Å². The Balaban J connectivity index is 1.94. The van der Waals surface area contributed by atoms with Crippen LogP contribution in [0.4, 0.5) is 13.2 Å². The molecule has 0 aliphatic heterocycles. The molecule has 0 aliphatic carbocycles. The maximum atomic E-state index is 15.7. The second-order valence-electron chi connectivity index (χ2n) is 14.6. The van der Waals surface area contributed by atoms with E-state index < -0.39 is 34.9 Å². The quantitative estimate of drug-likeness (QED) is 0.0518. The van der Waals surface area contributed by atoms with E-state index in [1.807, 2.05) is 18.2 Å². The van der Waals surface area contributed by atoms with Crippen LogP contribution < -0.4 is 16.0 Å². The Morgan fingerprint density at radius 2 is 0.764 bits per heavy atom. The largest absolute Gasteiger partial charge is 0.479 e. The van der Waals surface area contributed by atoms with Crippen LogP contribution in [-0.4, -0.2) is 95.9 Å². The van der Waals surface area contributed by atoms with E-state index in [0.29, 0.717) is 75.2 Å². The van der Waals surface area contributed by atoms with Gasteiger partial charge in [0.1, 0.15) is 0 Å². The van der Waals surface area contributed by atoms with Crippen LogP contribution in [0, 0.1) is 0 Å². The smallest absolute Gasteiger partial charge is 0.341 e. The predicted octanol–water partition coefficient (Wildman–Crippen LogP) is 5.89. The molecule has 0 spiro atoms. The maximum absolute atomic E-state index is 15.7. The lowest BCUT2D eigenvalue weighted by Crippen LogP contribution is -2.37. The number of alkyl halides is 3. The number of nitrogens with one attached hydrogen (secondary N) is 3. The topological polar surface area (TPSA) is 151 Å². The Bertz CT molecular complexity index is 1500. The van der Waals surface area contributed by atoms with Crippen LogP contribution >= 0.6 is 0 Å². The predicted molar refractivity (Wildman–Crippen MR) is 207 cm³/mol. The van der Waals surface area contributed by atoms with Crippen LogP contribution in [0.25, 0.3) is 0 Å². The Kier molecular flexibility index (Phi) is 17.8. The first-order valence-corrected chi connectivity index (χ1v) is 18.8. The van der Waals surface area contributed by atoms with E-state index in [1.165, 1.54) is 0 Å². The van der Waals surface area contributed by atoms with Gasteiger partial charge in [0.05, 0.1) is 0 Å². The van der Waals surface area contributed by atoms with E-state index >= 15 is 13.2 Å². The Morgan fingerprint density at radius 1 is 0.509 bits per heavy atom. The van der Waals surface area contributed by atoms with E-state index in [1.54, 1.807) is 75.7 Å². The summed E-state index contributed by atoms with van der Waals surface area (Å²) < 4.78 is 47.1. The summed E-state index contributed by atoms with van der Waals surface area (Å²) in [4.78, 5) is 38.1. The Labute approximate surface area is 322 Å². The molecule has 13 heteroatoms. The number of benzene rings is 3. The summed E-state index contributed by atoms with van der Waals surface area (Å²) in [6.07, 6.45) is -0.334. The van der Waals surface area contributed by atoms with Gasteiger partial charge in [-0.15, -0.1) is 0 Å². The van der Waals surface area contributed by atoms with Crippen molar-refractivity contribution in [3.8, 4) is 0 Å². The van der Waals surface area contributed by atoms with Gasteiger partial charge in [-0.1, -0.05) is 72.8 Å². The maximum Gasteiger partial charge on any atom is 0.341 e. The van der Waals surface area contributed by atoms with E-state index in [-0.39, 0.29) is 38.5 Å². The molecule has 0 fully saturated rings. The molecule has 6 N–H and O–H groups in total. The fourth-order valence-corrected chi connectivity index (χ4v) is 6.88. The first-order valence-electron chi connectivity index (χ1n) is 18.8. The average Bonchev–Trinajstić information content (AvgIpc) is 3.12. The van der Waals surface area contributed by atoms with Crippen molar-refractivity contribution in [2.45, 2.75) is 94.4 Å². The monoisotopic (exact) mass is 770 g/mol. The zero-order valence-electron chi connectivity index (χ0n) is 32.2. The Hall–Kier alpha value is -4.30. The molecule has 3 aromatic rings. The molecule has 0 saturated heterocycles. The third kappa shape index (κ3) is 14.4. The molecule has 0 aromatic heterocycles. The number of carboxylic acid groups (broad SMARTS) is 3. The van der Waals surface area contributed by atoms with Crippen LogP contribution in [0.5, 0.6) is 0 Å². The number of carboxylic acids is 3. The van der Waals surface area contributed by atoms with E-state index in [2.05, 4.69) is 20.9 Å². The van der Waals surface area contributed by atoms with Gasteiger partial charge in [0.2, 0.25) is 17.0 Å². The lowest BCUT2D eigenvalue weighted by molar-refractivity contribution is -0.152. The van der Waals surface area contributed by atoms with Crippen molar-refractivity contribution >= 4 is 17.9 Å². The normalized spacial score (nSPS) is 14.9.